The van der Waals surface area contributed by atoms with E-state index in [9.17, 15) is 13.6 Å². The summed E-state index contributed by atoms with van der Waals surface area (Å²) in [5.41, 5.74) is 0.0472. The molecule has 20 heavy (non-hydrogen) atoms. The first-order valence-electron chi connectivity index (χ1n) is 5.64. The maximum absolute atomic E-state index is 13.5. The van der Waals surface area contributed by atoms with E-state index < -0.39 is 17.5 Å². The molecule has 3 nitrogen and oxygen atoms in total. The van der Waals surface area contributed by atoms with Crippen molar-refractivity contribution in [1.82, 2.24) is 0 Å². The van der Waals surface area contributed by atoms with Gasteiger partial charge in [0.25, 0.3) is 5.91 Å². The Kier molecular flexibility index (Phi) is 4.24. The average Bonchev–Trinajstić information content (AvgIpc) is 2.41. The SMILES string of the molecule is COc1ccc(NC(=O)c2cc(S)ccc2F)cc1F. The van der Waals surface area contributed by atoms with Crippen LogP contribution in [0.5, 0.6) is 5.75 Å². The van der Waals surface area contributed by atoms with Crippen LogP contribution < -0.4 is 10.1 Å². The molecule has 2 aromatic carbocycles. The van der Waals surface area contributed by atoms with E-state index in [1.54, 1.807) is 0 Å². The molecule has 104 valence electrons. The van der Waals surface area contributed by atoms with Gasteiger partial charge in [0.2, 0.25) is 0 Å². The third-order valence-electron chi connectivity index (χ3n) is 2.60. The number of carbonyl (C=O) groups is 1. The number of halogens is 2. The molecule has 1 N–H and O–H groups in total. The van der Waals surface area contributed by atoms with Crippen molar-refractivity contribution in [3.05, 3.63) is 53.6 Å². The fourth-order valence-electron chi connectivity index (χ4n) is 1.63. The number of carbonyl (C=O) groups excluding carboxylic acids is 1. The number of hydrogen-bond acceptors (Lipinski definition) is 3. The van der Waals surface area contributed by atoms with Gasteiger partial charge in [-0.1, -0.05) is 0 Å². The summed E-state index contributed by atoms with van der Waals surface area (Å²) in [5.74, 6) is -1.91. The van der Waals surface area contributed by atoms with E-state index in [0.29, 0.717) is 4.90 Å². The fraction of sp³-hybridized carbons (Fsp3) is 0.0714. The van der Waals surface area contributed by atoms with Gasteiger partial charge >= 0.3 is 0 Å². The Morgan fingerprint density at radius 3 is 2.55 bits per heavy atom. The lowest BCUT2D eigenvalue weighted by atomic mass is 10.2. The van der Waals surface area contributed by atoms with Gasteiger partial charge in [0.15, 0.2) is 11.6 Å². The van der Waals surface area contributed by atoms with E-state index in [-0.39, 0.29) is 17.0 Å². The van der Waals surface area contributed by atoms with Crippen molar-refractivity contribution in [1.29, 1.82) is 0 Å². The van der Waals surface area contributed by atoms with Gasteiger partial charge in [0.1, 0.15) is 5.82 Å². The highest BCUT2D eigenvalue weighted by Gasteiger charge is 2.13. The Hall–Kier alpha value is -2.08. The molecule has 0 bridgehead atoms. The summed E-state index contributed by atoms with van der Waals surface area (Å²) in [6, 6.07) is 7.81. The van der Waals surface area contributed by atoms with Gasteiger partial charge in [-0.15, -0.1) is 12.6 Å². The van der Waals surface area contributed by atoms with Gasteiger partial charge < -0.3 is 10.1 Å². The molecule has 0 heterocycles. The lowest BCUT2D eigenvalue weighted by molar-refractivity contribution is 0.102. The molecule has 0 unspecified atom stereocenters. The molecule has 0 spiro atoms. The lowest BCUT2D eigenvalue weighted by Crippen LogP contribution is -2.14. The van der Waals surface area contributed by atoms with Gasteiger partial charge in [-0.3, -0.25) is 4.79 Å². The van der Waals surface area contributed by atoms with Crippen molar-refractivity contribution in [3.63, 3.8) is 0 Å². The molecule has 0 radical (unpaired) electrons. The third kappa shape index (κ3) is 3.08. The number of thiol groups is 1. The van der Waals surface area contributed by atoms with Gasteiger partial charge in [-0.2, -0.15) is 0 Å². The summed E-state index contributed by atoms with van der Waals surface area (Å²) >= 11 is 4.04. The summed E-state index contributed by atoms with van der Waals surface area (Å²) in [6.07, 6.45) is 0. The molecule has 1 amide bonds. The largest absolute Gasteiger partial charge is 0.494 e. The minimum Gasteiger partial charge on any atom is -0.494 e. The molecule has 6 heteroatoms. The van der Waals surface area contributed by atoms with Crippen molar-refractivity contribution in [2.45, 2.75) is 4.90 Å². The zero-order valence-corrected chi connectivity index (χ0v) is 11.4. The molecule has 0 atom stereocenters. The summed E-state index contributed by atoms with van der Waals surface area (Å²) in [4.78, 5) is 12.4. The Bertz CT molecular complexity index is 662. The van der Waals surface area contributed by atoms with Crippen molar-refractivity contribution in [3.8, 4) is 5.75 Å². The normalized spacial score (nSPS) is 10.2. The molecule has 0 aromatic heterocycles. The summed E-state index contributed by atoms with van der Waals surface area (Å²) in [5, 5.41) is 2.41. The van der Waals surface area contributed by atoms with E-state index in [1.807, 2.05) is 0 Å². The molecule has 0 fully saturated rings. The van der Waals surface area contributed by atoms with Crippen molar-refractivity contribution >= 4 is 24.2 Å². The van der Waals surface area contributed by atoms with Crippen LogP contribution in [0.3, 0.4) is 0 Å². The van der Waals surface area contributed by atoms with Crippen LogP contribution in [0.1, 0.15) is 10.4 Å². The van der Waals surface area contributed by atoms with Gasteiger partial charge in [-0.05, 0) is 30.3 Å². The smallest absolute Gasteiger partial charge is 0.258 e. The van der Waals surface area contributed by atoms with Gasteiger partial charge in [0.05, 0.1) is 12.7 Å². The number of ether oxygens (including phenoxy) is 1. The number of nitrogens with one attached hydrogen (secondary N) is 1. The molecule has 2 rings (SSSR count). The van der Waals surface area contributed by atoms with Crippen LogP contribution in [0.15, 0.2) is 41.3 Å². The predicted octanol–water partition coefficient (Wildman–Crippen LogP) is 3.51. The van der Waals surface area contributed by atoms with Gasteiger partial charge in [0, 0.05) is 16.6 Å². The molecule has 0 saturated heterocycles. The second kappa shape index (κ2) is 5.92. The molecule has 0 aliphatic rings. The van der Waals surface area contributed by atoms with Crippen LogP contribution in [-0.2, 0) is 0 Å². The van der Waals surface area contributed by atoms with E-state index >= 15 is 0 Å². The van der Waals surface area contributed by atoms with E-state index in [2.05, 4.69) is 17.9 Å². The van der Waals surface area contributed by atoms with Crippen LogP contribution >= 0.6 is 12.6 Å². The average molecular weight is 295 g/mol. The number of rotatable bonds is 3. The number of hydrogen-bond donors (Lipinski definition) is 2. The Morgan fingerprint density at radius 2 is 1.90 bits per heavy atom. The number of anilines is 1. The maximum Gasteiger partial charge on any atom is 0.258 e. The Balaban J connectivity index is 2.23. The van der Waals surface area contributed by atoms with Crippen LogP contribution in [0, 0.1) is 11.6 Å². The third-order valence-corrected chi connectivity index (χ3v) is 2.88. The van der Waals surface area contributed by atoms with Crippen LogP contribution in [-0.4, -0.2) is 13.0 Å². The van der Waals surface area contributed by atoms with E-state index in [4.69, 9.17) is 4.74 Å². The Labute approximate surface area is 120 Å². The highest BCUT2D eigenvalue weighted by atomic mass is 32.1. The first-order valence-corrected chi connectivity index (χ1v) is 6.09. The molecule has 0 saturated carbocycles. The topological polar surface area (TPSA) is 38.3 Å². The van der Waals surface area contributed by atoms with Gasteiger partial charge in [-0.25, -0.2) is 8.78 Å². The minimum atomic E-state index is -0.678. The standard InChI is InChI=1S/C14H11F2NO2S/c1-19-13-5-2-8(6-12(13)16)17-14(18)10-7-9(20)3-4-11(10)15/h2-7,20H,1H3,(H,17,18). The second-order valence-corrected chi connectivity index (χ2v) is 4.48. The summed E-state index contributed by atoms with van der Waals surface area (Å²) in [6.45, 7) is 0. The second-order valence-electron chi connectivity index (χ2n) is 3.97. The van der Waals surface area contributed by atoms with Crippen LogP contribution in [0.25, 0.3) is 0 Å². The quantitative estimate of drug-likeness (QED) is 0.850. The maximum atomic E-state index is 13.5. The molecule has 2 aromatic rings. The van der Waals surface area contributed by atoms with Crippen molar-refractivity contribution in [2.75, 3.05) is 12.4 Å². The molecule has 0 aliphatic carbocycles. The first-order chi connectivity index (χ1) is 9.51. The van der Waals surface area contributed by atoms with E-state index in [1.165, 1.54) is 31.4 Å². The molecular formula is C14H11F2NO2S. The summed E-state index contributed by atoms with van der Waals surface area (Å²) in [7, 11) is 1.34. The molecule has 0 aliphatic heterocycles. The summed E-state index contributed by atoms with van der Waals surface area (Å²) < 4.78 is 31.8. The number of benzene rings is 2. The van der Waals surface area contributed by atoms with Crippen LogP contribution in [0.2, 0.25) is 0 Å². The molecular weight excluding hydrogens is 284 g/mol. The predicted molar refractivity (Wildman–Crippen MR) is 74.6 cm³/mol. The monoisotopic (exact) mass is 295 g/mol. The zero-order valence-electron chi connectivity index (χ0n) is 10.5. The highest BCUT2D eigenvalue weighted by molar-refractivity contribution is 7.80. The number of methoxy groups -OCH3 is 1. The van der Waals surface area contributed by atoms with E-state index in [0.717, 1.165) is 12.1 Å². The highest BCUT2D eigenvalue weighted by Crippen LogP contribution is 2.22. The minimum absolute atomic E-state index is 0.0616. The Morgan fingerprint density at radius 1 is 1.15 bits per heavy atom. The van der Waals surface area contributed by atoms with Crippen LogP contribution in [0.4, 0.5) is 14.5 Å². The lowest BCUT2D eigenvalue weighted by Gasteiger charge is -2.08. The van der Waals surface area contributed by atoms with Crippen molar-refractivity contribution in [2.24, 2.45) is 0 Å². The first kappa shape index (κ1) is 14.3. The van der Waals surface area contributed by atoms with Crippen molar-refractivity contribution < 1.29 is 18.3 Å². The number of amides is 1. The zero-order chi connectivity index (χ0) is 14.7. The fourth-order valence-corrected chi connectivity index (χ4v) is 1.83.